The van der Waals surface area contributed by atoms with Gasteiger partial charge in [0.1, 0.15) is 0 Å². The van der Waals surface area contributed by atoms with Crippen LogP contribution in [-0.4, -0.2) is 11.7 Å². The van der Waals surface area contributed by atoms with Gasteiger partial charge in [0.05, 0.1) is 6.61 Å². The minimum absolute atomic E-state index is 0.289. The predicted molar refractivity (Wildman–Crippen MR) is 51.2 cm³/mol. The summed E-state index contributed by atoms with van der Waals surface area (Å²) in [7, 11) is 0. The first-order chi connectivity index (χ1) is 6.47. The molecule has 1 aromatic rings. The number of hydrogen-bond acceptors (Lipinski definition) is 3. The molecule has 0 aliphatic heterocycles. The van der Waals surface area contributed by atoms with Crippen LogP contribution >= 0.6 is 0 Å². The van der Waals surface area contributed by atoms with E-state index in [1.807, 2.05) is 13.8 Å². The van der Waals surface area contributed by atoms with Crippen molar-refractivity contribution in [2.75, 3.05) is 6.61 Å². The summed E-state index contributed by atoms with van der Waals surface area (Å²) in [4.78, 5) is 4.55. The highest BCUT2D eigenvalue weighted by molar-refractivity contribution is 5.32. The largest absolute Gasteiger partial charge is 0.505 e. The molecule has 0 aliphatic carbocycles. The van der Waals surface area contributed by atoms with Gasteiger partial charge >= 0.3 is 0 Å². The summed E-state index contributed by atoms with van der Waals surface area (Å²) < 4.78 is 13.0. The molecule has 0 spiro atoms. The van der Waals surface area contributed by atoms with E-state index in [4.69, 9.17) is 11.0 Å². The summed E-state index contributed by atoms with van der Waals surface area (Å²) in [6.07, 6.45) is 0. The van der Waals surface area contributed by atoms with Crippen molar-refractivity contribution >= 4 is 0 Å². The van der Waals surface area contributed by atoms with Crippen molar-refractivity contribution in [2.24, 2.45) is 5.90 Å². The Hall–Kier alpha value is -1.13. The summed E-state index contributed by atoms with van der Waals surface area (Å²) >= 11 is 0. The van der Waals surface area contributed by atoms with Crippen molar-refractivity contribution in [1.29, 1.82) is 0 Å². The molecule has 0 aromatic heterocycles. The zero-order valence-electron chi connectivity index (χ0n) is 8.25. The molecule has 78 valence electrons. The zero-order valence-corrected chi connectivity index (χ0v) is 8.25. The highest BCUT2D eigenvalue weighted by Crippen LogP contribution is 2.26. The number of phenolic OH excluding ortho intramolecular Hbond substituents is 1. The Morgan fingerprint density at radius 3 is 2.64 bits per heavy atom. The van der Waals surface area contributed by atoms with Crippen LogP contribution in [-0.2, 0) is 10.3 Å². The summed E-state index contributed by atoms with van der Waals surface area (Å²) in [6.45, 7) is 4.05. The van der Waals surface area contributed by atoms with E-state index >= 15 is 0 Å². The number of halogens is 1. The highest BCUT2D eigenvalue weighted by Gasteiger charge is 2.21. The number of aromatic hydroxyl groups is 1. The van der Waals surface area contributed by atoms with E-state index in [1.165, 1.54) is 12.1 Å². The van der Waals surface area contributed by atoms with Gasteiger partial charge in [0.15, 0.2) is 11.6 Å². The molecule has 0 unspecified atom stereocenters. The maximum Gasteiger partial charge on any atom is 0.165 e. The number of hydrogen-bond donors (Lipinski definition) is 2. The average Bonchev–Trinajstić information content (AvgIpc) is 2.09. The minimum atomic E-state index is -0.632. The first-order valence-electron chi connectivity index (χ1n) is 4.28. The Labute approximate surface area is 82.3 Å². The van der Waals surface area contributed by atoms with E-state index in [2.05, 4.69) is 4.84 Å². The van der Waals surface area contributed by atoms with Crippen LogP contribution < -0.4 is 5.90 Å². The molecule has 0 heterocycles. The van der Waals surface area contributed by atoms with E-state index in [0.29, 0.717) is 0 Å². The second-order valence-electron chi connectivity index (χ2n) is 3.86. The summed E-state index contributed by atoms with van der Waals surface area (Å²) in [5.74, 6) is 4.00. The lowest BCUT2D eigenvalue weighted by Gasteiger charge is -2.23. The van der Waals surface area contributed by atoms with Crippen molar-refractivity contribution in [3.63, 3.8) is 0 Å². The third kappa shape index (κ3) is 2.21. The Bertz CT molecular complexity index is 326. The summed E-state index contributed by atoms with van der Waals surface area (Å²) in [5.41, 5.74) is 0.363. The molecule has 14 heavy (non-hydrogen) atoms. The fourth-order valence-corrected chi connectivity index (χ4v) is 1.22. The number of rotatable bonds is 3. The lowest BCUT2D eigenvalue weighted by Crippen LogP contribution is -2.26. The van der Waals surface area contributed by atoms with Gasteiger partial charge in [0.25, 0.3) is 0 Å². The Kier molecular flexibility index (Phi) is 3.08. The third-order valence-corrected chi connectivity index (χ3v) is 2.17. The van der Waals surface area contributed by atoms with Crippen molar-refractivity contribution < 1.29 is 14.3 Å². The molecule has 0 aliphatic rings. The van der Waals surface area contributed by atoms with Crippen LogP contribution in [0, 0.1) is 5.82 Å². The molecule has 3 N–H and O–H groups in total. The highest BCUT2D eigenvalue weighted by atomic mass is 19.1. The standard InChI is InChI=1S/C10H14FNO2/c1-10(2,6-14-12)7-3-4-9(13)8(11)5-7/h3-5,13H,6,12H2,1-2H3. The number of phenols is 1. The Morgan fingerprint density at radius 2 is 2.14 bits per heavy atom. The Morgan fingerprint density at radius 1 is 1.50 bits per heavy atom. The van der Waals surface area contributed by atoms with Gasteiger partial charge in [-0.3, -0.25) is 0 Å². The van der Waals surface area contributed by atoms with E-state index in [9.17, 15) is 4.39 Å². The van der Waals surface area contributed by atoms with E-state index < -0.39 is 5.82 Å². The molecule has 4 heteroatoms. The topological polar surface area (TPSA) is 55.5 Å². The molecular weight excluding hydrogens is 185 g/mol. The van der Waals surface area contributed by atoms with Crippen LogP contribution in [0.3, 0.4) is 0 Å². The van der Waals surface area contributed by atoms with Gasteiger partial charge in [0, 0.05) is 5.41 Å². The third-order valence-electron chi connectivity index (χ3n) is 2.17. The second kappa shape index (κ2) is 3.94. The molecule has 1 aromatic carbocycles. The average molecular weight is 199 g/mol. The van der Waals surface area contributed by atoms with Crippen molar-refractivity contribution in [3.8, 4) is 5.75 Å². The zero-order chi connectivity index (χ0) is 10.8. The van der Waals surface area contributed by atoms with Gasteiger partial charge in [-0.2, -0.15) is 0 Å². The number of benzene rings is 1. The fourth-order valence-electron chi connectivity index (χ4n) is 1.22. The molecule has 0 radical (unpaired) electrons. The predicted octanol–water partition coefficient (Wildman–Crippen LogP) is 1.70. The molecule has 0 atom stereocenters. The van der Waals surface area contributed by atoms with Gasteiger partial charge in [0.2, 0.25) is 0 Å². The van der Waals surface area contributed by atoms with E-state index in [0.717, 1.165) is 5.56 Å². The summed E-state index contributed by atoms with van der Waals surface area (Å²) in [5, 5.41) is 9.01. The summed E-state index contributed by atoms with van der Waals surface area (Å²) in [6, 6.07) is 4.26. The molecule has 0 bridgehead atoms. The van der Waals surface area contributed by atoms with Crippen molar-refractivity contribution in [2.45, 2.75) is 19.3 Å². The lowest BCUT2D eigenvalue weighted by atomic mass is 9.85. The normalized spacial score (nSPS) is 11.7. The van der Waals surface area contributed by atoms with Crippen molar-refractivity contribution in [1.82, 2.24) is 0 Å². The molecule has 1 rings (SSSR count). The maximum absolute atomic E-state index is 13.0. The molecule has 0 fully saturated rings. The van der Waals surface area contributed by atoms with Crippen LogP contribution in [0.5, 0.6) is 5.75 Å². The lowest BCUT2D eigenvalue weighted by molar-refractivity contribution is 0.0963. The fraction of sp³-hybridized carbons (Fsp3) is 0.400. The molecule has 3 nitrogen and oxygen atoms in total. The van der Waals surface area contributed by atoms with E-state index in [-0.39, 0.29) is 17.8 Å². The van der Waals surface area contributed by atoms with Gasteiger partial charge in [-0.25, -0.2) is 10.3 Å². The van der Waals surface area contributed by atoms with Crippen LogP contribution in [0.2, 0.25) is 0 Å². The van der Waals surface area contributed by atoms with Gasteiger partial charge in [-0.1, -0.05) is 19.9 Å². The van der Waals surface area contributed by atoms with Gasteiger partial charge < -0.3 is 9.94 Å². The van der Waals surface area contributed by atoms with Gasteiger partial charge in [-0.05, 0) is 17.7 Å². The first kappa shape index (κ1) is 10.9. The van der Waals surface area contributed by atoms with Crippen molar-refractivity contribution in [3.05, 3.63) is 29.6 Å². The van der Waals surface area contributed by atoms with Gasteiger partial charge in [-0.15, -0.1) is 0 Å². The Balaban J connectivity index is 3.01. The molecule has 0 saturated carbocycles. The first-order valence-corrected chi connectivity index (χ1v) is 4.28. The number of nitrogens with two attached hydrogens (primary N) is 1. The van der Waals surface area contributed by atoms with Crippen LogP contribution in [0.1, 0.15) is 19.4 Å². The van der Waals surface area contributed by atoms with Crippen LogP contribution in [0.15, 0.2) is 18.2 Å². The van der Waals surface area contributed by atoms with E-state index in [1.54, 1.807) is 6.07 Å². The molecule has 0 saturated heterocycles. The quantitative estimate of drug-likeness (QED) is 0.728. The van der Waals surface area contributed by atoms with Crippen LogP contribution in [0.4, 0.5) is 4.39 Å². The van der Waals surface area contributed by atoms with Crippen LogP contribution in [0.25, 0.3) is 0 Å². The molecular formula is C10H14FNO2. The second-order valence-corrected chi connectivity index (χ2v) is 3.86. The minimum Gasteiger partial charge on any atom is -0.505 e. The smallest absolute Gasteiger partial charge is 0.165 e. The molecule has 0 amide bonds. The maximum atomic E-state index is 13.0. The SMILES string of the molecule is CC(C)(CON)c1ccc(O)c(F)c1. The monoisotopic (exact) mass is 199 g/mol.